The van der Waals surface area contributed by atoms with Gasteiger partial charge in [0, 0.05) is 18.1 Å². The number of ether oxygens (including phenoxy) is 3. The number of carbonyl (C=O) groups is 2. The monoisotopic (exact) mass is 470 g/mol. The Morgan fingerprint density at radius 3 is 2.46 bits per heavy atom. The average molecular weight is 471 g/mol. The molecule has 0 unspecified atom stereocenters. The van der Waals surface area contributed by atoms with Crippen molar-refractivity contribution in [1.82, 2.24) is 9.88 Å². The van der Waals surface area contributed by atoms with Crippen LogP contribution in [0.1, 0.15) is 23.6 Å². The van der Waals surface area contributed by atoms with Crippen LogP contribution in [-0.4, -0.2) is 36.0 Å². The average Bonchev–Trinajstić information content (AvgIpc) is 3.12. The molecular formula is C28H26N2O5. The van der Waals surface area contributed by atoms with Crippen molar-refractivity contribution in [3.63, 3.8) is 0 Å². The first-order chi connectivity index (χ1) is 17.0. The minimum absolute atomic E-state index is 0.241. The van der Waals surface area contributed by atoms with E-state index >= 15 is 0 Å². The van der Waals surface area contributed by atoms with Gasteiger partial charge in [-0.15, -0.1) is 0 Å². The van der Waals surface area contributed by atoms with Crippen molar-refractivity contribution in [3.8, 4) is 11.5 Å². The van der Waals surface area contributed by atoms with E-state index in [1.54, 1.807) is 55.6 Å². The van der Waals surface area contributed by atoms with Crippen LogP contribution in [0.5, 0.6) is 11.5 Å². The fourth-order valence-electron chi connectivity index (χ4n) is 3.89. The second-order valence-electron chi connectivity index (χ2n) is 7.95. The van der Waals surface area contributed by atoms with E-state index < -0.39 is 5.97 Å². The Morgan fingerprint density at radius 2 is 1.77 bits per heavy atom. The van der Waals surface area contributed by atoms with Crippen LogP contribution >= 0.6 is 0 Å². The lowest BCUT2D eigenvalue weighted by Gasteiger charge is -2.17. The highest BCUT2D eigenvalue weighted by molar-refractivity contribution is 6.16. The third-order valence-electron chi connectivity index (χ3n) is 5.70. The molecule has 0 N–H and O–H groups in total. The van der Waals surface area contributed by atoms with Gasteiger partial charge in [0.05, 0.1) is 31.9 Å². The highest BCUT2D eigenvalue weighted by atomic mass is 16.5. The summed E-state index contributed by atoms with van der Waals surface area (Å²) in [6, 6.07) is 18.9. The first-order valence-corrected chi connectivity index (χ1v) is 11.1. The summed E-state index contributed by atoms with van der Waals surface area (Å²) in [5.41, 5.74) is 3.62. The van der Waals surface area contributed by atoms with E-state index in [4.69, 9.17) is 14.2 Å². The number of pyridine rings is 1. The lowest BCUT2D eigenvalue weighted by molar-refractivity contribution is -0.136. The fourth-order valence-corrected chi connectivity index (χ4v) is 3.89. The number of allylic oxidation sites excluding steroid dienone is 1. The summed E-state index contributed by atoms with van der Waals surface area (Å²) in [5.74, 6) is 0.253. The predicted octanol–water partition coefficient (Wildman–Crippen LogP) is 4.54. The van der Waals surface area contributed by atoms with Crippen molar-refractivity contribution in [1.29, 1.82) is 0 Å². The molecule has 0 fully saturated rings. The third-order valence-corrected chi connectivity index (χ3v) is 5.70. The number of aromatic nitrogens is 1. The molecule has 0 atom stereocenters. The van der Waals surface area contributed by atoms with Gasteiger partial charge in [0.1, 0.15) is 6.61 Å². The molecule has 7 nitrogen and oxygen atoms in total. The normalized spacial score (nSPS) is 14.4. The second-order valence-corrected chi connectivity index (χ2v) is 7.95. The maximum atomic E-state index is 13.4. The fraction of sp³-hybridized carbons (Fsp3) is 0.179. The number of carbonyl (C=O) groups excluding carboxylic acids is 2. The number of methoxy groups -OCH3 is 2. The Morgan fingerprint density at radius 1 is 1.00 bits per heavy atom. The lowest BCUT2D eigenvalue weighted by Crippen LogP contribution is -2.24. The molecule has 3 aromatic rings. The minimum Gasteiger partial charge on any atom is -0.493 e. The van der Waals surface area contributed by atoms with Crippen molar-refractivity contribution < 1.29 is 23.8 Å². The standard InChI is InChI=1S/C28H26N2O5/c1-19-26(28(32)34-3)23(27(31)30(19)17-22-10-7-13-29-16-22)14-21-11-12-24(25(15-21)33-2)35-18-20-8-5-4-6-9-20/h4-16H,17-18H2,1-3H3/b23-14-. The van der Waals surface area contributed by atoms with Crippen LogP contribution in [0.4, 0.5) is 0 Å². The first kappa shape index (κ1) is 23.8. The zero-order valence-corrected chi connectivity index (χ0v) is 19.9. The zero-order valence-electron chi connectivity index (χ0n) is 19.9. The van der Waals surface area contributed by atoms with Crippen LogP contribution in [0.25, 0.3) is 6.08 Å². The van der Waals surface area contributed by atoms with E-state index in [-0.39, 0.29) is 17.1 Å². The van der Waals surface area contributed by atoms with Crippen LogP contribution in [0.3, 0.4) is 0 Å². The first-order valence-electron chi connectivity index (χ1n) is 11.1. The molecule has 7 heteroatoms. The number of hydrogen-bond acceptors (Lipinski definition) is 6. The number of benzene rings is 2. The summed E-state index contributed by atoms with van der Waals surface area (Å²) in [4.78, 5) is 31.6. The molecule has 0 bridgehead atoms. The van der Waals surface area contributed by atoms with Crippen molar-refractivity contribution in [2.75, 3.05) is 14.2 Å². The van der Waals surface area contributed by atoms with Crippen molar-refractivity contribution in [2.24, 2.45) is 0 Å². The summed E-state index contributed by atoms with van der Waals surface area (Å²) in [7, 11) is 2.86. The van der Waals surface area contributed by atoms with Crippen LogP contribution in [0.2, 0.25) is 0 Å². The number of esters is 1. The molecule has 0 aliphatic carbocycles. The summed E-state index contributed by atoms with van der Waals surface area (Å²) >= 11 is 0. The molecule has 1 aromatic heterocycles. The van der Waals surface area contributed by atoms with Crippen LogP contribution < -0.4 is 9.47 Å². The van der Waals surface area contributed by atoms with Gasteiger partial charge in [-0.05, 0) is 47.9 Å². The van der Waals surface area contributed by atoms with E-state index in [1.807, 2.05) is 42.5 Å². The molecule has 4 rings (SSSR count). The van der Waals surface area contributed by atoms with Gasteiger partial charge in [-0.2, -0.15) is 0 Å². The SMILES string of the molecule is COC(=O)C1=C(C)N(Cc2cccnc2)C(=O)/C1=C\c1ccc(OCc2ccccc2)c(OC)c1. The van der Waals surface area contributed by atoms with E-state index in [9.17, 15) is 9.59 Å². The van der Waals surface area contributed by atoms with E-state index in [0.717, 1.165) is 11.1 Å². The summed E-state index contributed by atoms with van der Waals surface area (Å²) in [6.45, 7) is 2.43. The predicted molar refractivity (Wildman–Crippen MR) is 131 cm³/mol. The van der Waals surface area contributed by atoms with E-state index in [2.05, 4.69) is 4.98 Å². The third kappa shape index (κ3) is 5.24. The second kappa shape index (κ2) is 10.7. The molecule has 0 spiro atoms. The molecule has 178 valence electrons. The molecular weight excluding hydrogens is 444 g/mol. The Labute approximate surface area is 204 Å². The van der Waals surface area contributed by atoms with Gasteiger partial charge < -0.3 is 19.1 Å². The molecule has 35 heavy (non-hydrogen) atoms. The molecule has 1 aliphatic rings. The van der Waals surface area contributed by atoms with Gasteiger partial charge in [0.25, 0.3) is 5.91 Å². The lowest BCUT2D eigenvalue weighted by atomic mass is 10.0. The molecule has 2 heterocycles. The Kier molecular flexibility index (Phi) is 7.26. The quantitative estimate of drug-likeness (QED) is 0.355. The van der Waals surface area contributed by atoms with Gasteiger partial charge >= 0.3 is 5.97 Å². The Bertz CT molecular complexity index is 1280. The van der Waals surface area contributed by atoms with E-state index in [1.165, 1.54) is 7.11 Å². The van der Waals surface area contributed by atoms with Gasteiger partial charge in [-0.25, -0.2) is 4.79 Å². The summed E-state index contributed by atoms with van der Waals surface area (Å²) < 4.78 is 16.4. The topological polar surface area (TPSA) is 78.0 Å². The number of hydrogen-bond donors (Lipinski definition) is 0. The number of nitrogens with zero attached hydrogens (tertiary/aromatic N) is 2. The molecule has 0 saturated heterocycles. The van der Waals surface area contributed by atoms with Crippen molar-refractivity contribution in [2.45, 2.75) is 20.1 Å². The van der Waals surface area contributed by atoms with Crippen LogP contribution in [-0.2, 0) is 27.5 Å². The van der Waals surface area contributed by atoms with Crippen LogP contribution in [0.15, 0.2) is 89.9 Å². The maximum absolute atomic E-state index is 13.4. The number of amides is 1. The number of rotatable bonds is 8. The summed E-state index contributed by atoms with van der Waals surface area (Å²) in [6.07, 6.45) is 5.04. The minimum atomic E-state index is -0.564. The highest BCUT2D eigenvalue weighted by Crippen LogP contribution is 2.35. The van der Waals surface area contributed by atoms with E-state index in [0.29, 0.717) is 35.9 Å². The van der Waals surface area contributed by atoms with Gasteiger partial charge in [0.2, 0.25) is 0 Å². The smallest absolute Gasteiger partial charge is 0.340 e. The summed E-state index contributed by atoms with van der Waals surface area (Å²) in [5, 5.41) is 0. The molecule has 1 amide bonds. The molecule has 0 radical (unpaired) electrons. The largest absolute Gasteiger partial charge is 0.493 e. The maximum Gasteiger partial charge on any atom is 0.340 e. The Hall–Kier alpha value is -4.39. The zero-order chi connectivity index (χ0) is 24.8. The van der Waals surface area contributed by atoms with Gasteiger partial charge in [-0.1, -0.05) is 42.5 Å². The van der Waals surface area contributed by atoms with Crippen molar-refractivity contribution in [3.05, 3.63) is 107 Å². The Balaban J connectivity index is 1.63. The molecule has 1 aliphatic heterocycles. The molecule has 2 aromatic carbocycles. The van der Waals surface area contributed by atoms with Gasteiger partial charge in [0.15, 0.2) is 11.5 Å². The van der Waals surface area contributed by atoms with Crippen LogP contribution in [0, 0.1) is 0 Å². The van der Waals surface area contributed by atoms with Crippen molar-refractivity contribution >= 4 is 18.0 Å². The molecule has 0 saturated carbocycles. The highest BCUT2D eigenvalue weighted by Gasteiger charge is 2.37. The van der Waals surface area contributed by atoms with Gasteiger partial charge in [-0.3, -0.25) is 9.78 Å².